The van der Waals surface area contributed by atoms with E-state index in [-0.39, 0.29) is 11.8 Å². The summed E-state index contributed by atoms with van der Waals surface area (Å²) in [7, 11) is 0. The van der Waals surface area contributed by atoms with Gasteiger partial charge in [-0.15, -0.1) is 10.2 Å². The molecule has 6 rings (SSSR count). The number of carbonyl (C=O) groups is 4. The first kappa shape index (κ1) is 24.6. The Morgan fingerprint density at radius 2 is 1.54 bits per heavy atom. The maximum Gasteiger partial charge on any atom is 0.266 e. The highest BCUT2D eigenvalue weighted by Crippen LogP contribution is 2.35. The summed E-state index contributed by atoms with van der Waals surface area (Å²) in [5, 5.41) is 12.1. The smallest absolute Gasteiger partial charge is 0.266 e. The molecule has 39 heavy (non-hydrogen) atoms. The Hall–Kier alpha value is -4.70. The van der Waals surface area contributed by atoms with E-state index in [1.165, 1.54) is 16.9 Å². The topological polar surface area (TPSA) is 113 Å². The SMILES string of the molecule is Cc1ccc(N2CC(c3nnc(NC(=O)c4ccc(N5C(=O)c6ccccc6C5=O)cc4)s3)CC2=O)cc1C. The number of nitrogens with one attached hydrogen (secondary N) is 1. The molecule has 3 aromatic carbocycles. The molecule has 2 aliphatic rings. The molecule has 4 aromatic rings. The molecular weight excluding hydrogens is 514 g/mol. The number of carbonyl (C=O) groups excluding carboxylic acids is 4. The summed E-state index contributed by atoms with van der Waals surface area (Å²) < 4.78 is 0. The van der Waals surface area contributed by atoms with Crippen molar-refractivity contribution >= 4 is 51.5 Å². The van der Waals surface area contributed by atoms with Crippen molar-refractivity contribution in [1.29, 1.82) is 0 Å². The zero-order chi connectivity index (χ0) is 27.3. The first-order chi connectivity index (χ1) is 18.8. The summed E-state index contributed by atoms with van der Waals surface area (Å²) in [5.41, 5.74) is 4.61. The number of hydrogen-bond donors (Lipinski definition) is 1. The molecule has 1 atom stereocenters. The van der Waals surface area contributed by atoms with Crippen molar-refractivity contribution in [2.45, 2.75) is 26.2 Å². The van der Waals surface area contributed by atoms with Crippen LogP contribution in [0.25, 0.3) is 0 Å². The molecule has 1 N–H and O–H groups in total. The zero-order valence-electron chi connectivity index (χ0n) is 21.2. The zero-order valence-corrected chi connectivity index (χ0v) is 22.0. The predicted molar refractivity (Wildman–Crippen MR) is 148 cm³/mol. The second-order valence-electron chi connectivity index (χ2n) is 9.61. The molecule has 4 amide bonds. The van der Waals surface area contributed by atoms with Gasteiger partial charge in [0.05, 0.1) is 16.8 Å². The number of fused-ring (bicyclic) bond motifs is 1. The van der Waals surface area contributed by atoms with Crippen molar-refractivity contribution in [2.75, 3.05) is 21.7 Å². The highest BCUT2D eigenvalue weighted by Gasteiger charge is 2.36. The van der Waals surface area contributed by atoms with Gasteiger partial charge in [0.2, 0.25) is 11.0 Å². The summed E-state index contributed by atoms with van der Waals surface area (Å²) in [6, 6.07) is 18.9. The number of amides is 4. The van der Waals surface area contributed by atoms with E-state index in [0.29, 0.717) is 45.5 Å². The van der Waals surface area contributed by atoms with E-state index in [1.54, 1.807) is 53.4 Å². The lowest BCUT2D eigenvalue weighted by molar-refractivity contribution is -0.117. The fraction of sp³-hybridized carbons (Fsp3) is 0.172. The average molecular weight is 538 g/mol. The van der Waals surface area contributed by atoms with Crippen molar-refractivity contribution < 1.29 is 19.2 Å². The largest absolute Gasteiger partial charge is 0.312 e. The van der Waals surface area contributed by atoms with E-state index in [9.17, 15) is 19.2 Å². The van der Waals surface area contributed by atoms with Crippen LogP contribution >= 0.6 is 11.3 Å². The molecule has 1 unspecified atom stereocenters. The molecule has 0 radical (unpaired) electrons. The maximum absolute atomic E-state index is 12.9. The Balaban J connectivity index is 1.12. The van der Waals surface area contributed by atoms with Crippen molar-refractivity contribution in [3.63, 3.8) is 0 Å². The van der Waals surface area contributed by atoms with Crippen LogP contribution < -0.4 is 15.1 Å². The van der Waals surface area contributed by atoms with Crippen molar-refractivity contribution in [3.8, 4) is 0 Å². The van der Waals surface area contributed by atoms with E-state index >= 15 is 0 Å². The van der Waals surface area contributed by atoms with Crippen LogP contribution in [-0.4, -0.2) is 40.4 Å². The highest BCUT2D eigenvalue weighted by atomic mass is 32.1. The van der Waals surface area contributed by atoms with Gasteiger partial charge in [0.1, 0.15) is 5.01 Å². The molecule has 9 nitrogen and oxygen atoms in total. The van der Waals surface area contributed by atoms with Gasteiger partial charge in [0.15, 0.2) is 0 Å². The molecular formula is C29H23N5O4S. The normalized spacial score (nSPS) is 16.7. The van der Waals surface area contributed by atoms with Crippen LogP contribution in [0.4, 0.5) is 16.5 Å². The van der Waals surface area contributed by atoms with Crippen molar-refractivity contribution in [1.82, 2.24) is 10.2 Å². The molecule has 0 saturated carbocycles. The quantitative estimate of drug-likeness (QED) is 0.369. The van der Waals surface area contributed by atoms with Gasteiger partial charge in [-0.3, -0.25) is 24.5 Å². The van der Waals surface area contributed by atoms with E-state index in [2.05, 4.69) is 15.5 Å². The minimum atomic E-state index is -0.397. The Morgan fingerprint density at radius 3 is 2.21 bits per heavy atom. The highest BCUT2D eigenvalue weighted by molar-refractivity contribution is 7.15. The number of rotatable bonds is 5. The number of anilines is 3. The third kappa shape index (κ3) is 4.38. The summed E-state index contributed by atoms with van der Waals surface area (Å²) >= 11 is 1.24. The van der Waals surface area contributed by atoms with E-state index < -0.39 is 17.7 Å². The van der Waals surface area contributed by atoms with Crippen LogP contribution in [0.5, 0.6) is 0 Å². The van der Waals surface area contributed by atoms with Gasteiger partial charge < -0.3 is 4.90 Å². The first-order valence-corrected chi connectivity index (χ1v) is 13.2. The Labute approximate surface area is 228 Å². The lowest BCUT2D eigenvalue weighted by Gasteiger charge is -2.17. The molecule has 0 spiro atoms. The van der Waals surface area contributed by atoms with Crippen molar-refractivity contribution in [2.24, 2.45) is 0 Å². The Morgan fingerprint density at radius 1 is 0.872 bits per heavy atom. The van der Waals surface area contributed by atoms with Crippen LogP contribution in [0.2, 0.25) is 0 Å². The van der Waals surface area contributed by atoms with E-state index in [0.717, 1.165) is 16.2 Å². The second kappa shape index (κ2) is 9.55. The fourth-order valence-electron chi connectivity index (χ4n) is 4.82. The molecule has 2 aliphatic heterocycles. The molecule has 1 fully saturated rings. The number of benzene rings is 3. The van der Waals surface area contributed by atoms with Gasteiger partial charge >= 0.3 is 0 Å². The molecule has 10 heteroatoms. The molecule has 0 bridgehead atoms. The third-order valence-corrected chi connectivity index (χ3v) is 8.12. The lowest BCUT2D eigenvalue weighted by atomic mass is 10.1. The summed E-state index contributed by atoms with van der Waals surface area (Å²) in [5.74, 6) is -1.26. The molecule has 1 aromatic heterocycles. The van der Waals surface area contributed by atoms with Crippen LogP contribution in [0.15, 0.2) is 66.7 Å². The van der Waals surface area contributed by atoms with Gasteiger partial charge in [0.25, 0.3) is 17.7 Å². The Kier molecular flexibility index (Phi) is 6.03. The van der Waals surface area contributed by atoms with Crippen molar-refractivity contribution in [3.05, 3.63) is 99.6 Å². The minimum Gasteiger partial charge on any atom is -0.312 e. The number of nitrogens with zero attached hydrogens (tertiary/aromatic N) is 4. The van der Waals surface area contributed by atoms with Gasteiger partial charge in [0, 0.05) is 30.1 Å². The van der Waals surface area contributed by atoms with Crippen LogP contribution in [0.3, 0.4) is 0 Å². The first-order valence-electron chi connectivity index (χ1n) is 12.4. The van der Waals surface area contributed by atoms with E-state index in [4.69, 9.17) is 0 Å². The molecule has 1 saturated heterocycles. The summed E-state index contributed by atoms with van der Waals surface area (Å²) in [4.78, 5) is 53.9. The van der Waals surface area contributed by atoms with Crippen LogP contribution in [0.1, 0.15) is 59.5 Å². The third-order valence-electron chi connectivity index (χ3n) is 7.12. The minimum absolute atomic E-state index is 0.0298. The number of hydrogen-bond acceptors (Lipinski definition) is 7. The predicted octanol–water partition coefficient (Wildman–Crippen LogP) is 4.73. The van der Waals surface area contributed by atoms with E-state index in [1.807, 2.05) is 32.0 Å². The average Bonchev–Trinajstić information content (AvgIpc) is 3.63. The Bertz CT molecular complexity index is 1630. The summed E-state index contributed by atoms with van der Waals surface area (Å²) in [6.45, 7) is 4.56. The van der Waals surface area contributed by atoms with Gasteiger partial charge in [-0.1, -0.05) is 29.5 Å². The number of aryl methyl sites for hydroxylation is 2. The van der Waals surface area contributed by atoms with Gasteiger partial charge in [-0.05, 0) is 73.5 Å². The fourth-order valence-corrected chi connectivity index (χ4v) is 5.65. The second-order valence-corrected chi connectivity index (χ2v) is 10.6. The summed E-state index contributed by atoms with van der Waals surface area (Å²) in [6.07, 6.45) is 0.328. The van der Waals surface area contributed by atoms with Gasteiger partial charge in [-0.2, -0.15) is 0 Å². The molecule has 0 aliphatic carbocycles. The standard InChI is InChI=1S/C29H23N5O4S/c1-16-7-10-21(13-17(16)2)33-15-19(14-24(33)35)26-31-32-29(39-26)30-25(36)18-8-11-20(12-9-18)34-27(37)22-5-3-4-6-23(22)28(34)38/h3-13,19H,14-15H2,1-2H3,(H,30,32,36). The molecule has 194 valence electrons. The maximum atomic E-state index is 12.9. The monoisotopic (exact) mass is 537 g/mol. The number of imide groups is 1. The van der Waals surface area contributed by atoms with Gasteiger partial charge in [-0.25, -0.2) is 4.90 Å². The van der Waals surface area contributed by atoms with Crippen LogP contribution in [0, 0.1) is 13.8 Å². The van der Waals surface area contributed by atoms with Crippen LogP contribution in [-0.2, 0) is 4.79 Å². The lowest BCUT2D eigenvalue weighted by Crippen LogP contribution is -2.29. The molecule has 3 heterocycles. The number of aromatic nitrogens is 2.